The summed E-state index contributed by atoms with van der Waals surface area (Å²) in [6.45, 7) is 2.05. The van der Waals surface area contributed by atoms with Gasteiger partial charge < -0.3 is 10.5 Å². The Labute approximate surface area is 99.2 Å². The van der Waals surface area contributed by atoms with Gasteiger partial charge in [-0.1, -0.05) is 0 Å². The van der Waals surface area contributed by atoms with Crippen LogP contribution in [0.4, 0.5) is 8.78 Å². The minimum absolute atomic E-state index is 0.180. The first-order valence-electron chi connectivity index (χ1n) is 5.58. The monoisotopic (exact) mass is 242 g/mol. The lowest BCUT2D eigenvalue weighted by molar-refractivity contribution is 0.127. The number of nitrogens with zero attached hydrogens (tertiary/aromatic N) is 1. The van der Waals surface area contributed by atoms with Crippen molar-refractivity contribution in [2.45, 2.75) is 12.6 Å². The molecule has 0 bridgehead atoms. The third-order valence-corrected chi connectivity index (χ3v) is 3.13. The summed E-state index contributed by atoms with van der Waals surface area (Å²) in [6, 6.07) is 2.12. The molecule has 5 heteroatoms. The van der Waals surface area contributed by atoms with Crippen LogP contribution < -0.4 is 5.73 Å². The van der Waals surface area contributed by atoms with Crippen molar-refractivity contribution in [1.82, 2.24) is 4.90 Å². The minimum Gasteiger partial charge on any atom is -0.383 e. The lowest BCUT2D eigenvalue weighted by atomic mass is 10.0. The number of benzene rings is 1. The van der Waals surface area contributed by atoms with Gasteiger partial charge in [0, 0.05) is 38.4 Å². The van der Waals surface area contributed by atoms with Crippen molar-refractivity contribution in [2.24, 2.45) is 5.73 Å². The van der Waals surface area contributed by atoms with Gasteiger partial charge in [0.1, 0.15) is 11.6 Å². The third-order valence-electron chi connectivity index (χ3n) is 3.13. The maximum Gasteiger partial charge on any atom is 0.131 e. The molecule has 0 aromatic heterocycles. The first-order valence-corrected chi connectivity index (χ1v) is 5.58. The largest absolute Gasteiger partial charge is 0.383 e. The van der Waals surface area contributed by atoms with Crippen molar-refractivity contribution in [2.75, 3.05) is 26.8 Å². The van der Waals surface area contributed by atoms with Crippen LogP contribution in [0.25, 0.3) is 0 Å². The van der Waals surface area contributed by atoms with Crippen LogP contribution in [0.1, 0.15) is 17.2 Å². The SMILES string of the molecule is COCCN1Cc2cc(F)cc(F)c2C1CN. The van der Waals surface area contributed by atoms with Crippen molar-refractivity contribution in [1.29, 1.82) is 0 Å². The van der Waals surface area contributed by atoms with Gasteiger partial charge in [-0.25, -0.2) is 8.78 Å². The topological polar surface area (TPSA) is 38.5 Å². The first kappa shape index (κ1) is 12.4. The predicted molar refractivity (Wildman–Crippen MR) is 60.4 cm³/mol. The molecule has 1 unspecified atom stereocenters. The number of fused-ring (bicyclic) bond motifs is 1. The van der Waals surface area contributed by atoms with Crippen LogP contribution in [-0.2, 0) is 11.3 Å². The molecule has 0 spiro atoms. The second-order valence-electron chi connectivity index (χ2n) is 4.18. The highest BCUT2D eigenvalue weighted by Gasteiger charge is 2.32. The van der Waals surface area contributed by atoms with Crippen molar-refractivity contribution in [3.8, 4) is 0 Å². The van der Waals surface area contributed by atoms with Crippen LogP contribution in [0, 0.1) is 11.6 Å². The van der Waals surface area contributed by atoms with E-state index in [0.29, 0.717) is 37.4 Å². The average molecular weight is 242 g/mol. The second kappa shape index (κ2) is 5.08. The number of ether oxygens (including phenoxy) is 1. The molecule has 1 aliphatic rings. The Kier molecular flexibility index (Phi) is 3.71. The number of hydrogen-bond acceptors (Lipinski definition) is 3. The highest BCUT2D eigenvalue weighted by Crippen LogP contribution is 2.35. The molecule has 1 aromatic rings. The van der Waals surface area contributed by atoms with Crippen molar-refractivity contribution in [3.05, 3.63) is 34.9 Å². The van der Waals surface area contributed by atoms with Crippen LogP contribution in [0.3, 0.4) is 0 Å². The summed E-state index contributed by atoms with van der Waals surface area (Å²) in [4.78, 5) is 2.01. The van der Waals surface area contributed by atoms with Crippen LogP contribution in [0.15, 0.2) is 12.1 Å². The zero-order chi connectivity index (χ0) is 12.4. The molecule has 1 aliphatic heterocycles. The lowest BCUT2D eigenvalue weighted by Crippen LogP contribution is -2.31. The van der Waals surface area contributed by atoms with E-state index in [-0.39, 0.29) is 6.04 Å². The molecule has 1 atom stereocenters. The maximum atomic E-state index is 13.7. The molecular formula is C12H16F2N2O. The average Bonchev–Trinajstić information content (AvgIpc) is 2.63. The number of nitrogens with two attached hydrogens (primary N) is 1. The highest BCUT2D eigenvalue weighted by atomic mass is 19.1. The molecule has 0 radical (unpaired) electrons. The van der Waals surface area contributed by atoms with E-state index in [1.165, 1.54) is 6.07 Å². The fraction of sp³-hybridized carbons (Fsp3) is 0.500. The van der Waals surface area contributed by atoms with E-state index in [2.05, 4.69) is 0 Å². The summed E-state index contributed by atoms with van der Waals surface area (Å²) < 4.78 is 31.8. The van der Waals surface area contributed by atoms with Crippen molar-refractivity contribution < 1.29 is 13.5 Å². The van der Waals surface area contributed by atoms with Crippen LogP contribution in [-0.4, -0.2) is 31.7 Å². The fourth-order valence-corrected chi connectivity index (χ4v) is 2.36. The van der Waals surface area contributed by atoms with Crippen LogP contribution in [0.2, 0.25) is 0 Å². The number of rotatable bonds is 4. The summed E-state index contributed by atoms with van der Waals surface area (Å²) in [5, 5.41) is 0. The lowest BCUT2D eigenvalue weighted by Gasteiger charge is -2.23. The molecule has 0 saturated heterocycles. The molecule has 2 N–H and O–H groups in total. The molecule has 17 heavy (non-hydrogen) atoms. The molecule has 1 heterocycles. The summed E-state index contributed by atoms with van der Waals surface area (Å²) in [7, 11) is 1.61. The third kappa shape index (κ3) is 2.31. The van der Waals surface area contributed by atoms with E-state index in [9.17, 15) is 8.78 Å². The van der Waals surface area contributed by atoms with Gasteiger partial charge in [0.25, 0.3) is 0 Å². The number of methoxy groups -OCH3 is 1. The van der Waals surface area contributed by atoms with E-state index < -0.39 is 11.6 Å². The van der Waals surface area contributed by atoms with Gasteiger partial charge in [-0.3, -0.25) is 4.90 Å². The minimum atomic E-state index is -0.536. The number of halogens is 2. The zero-order valence-electron chi connectivity index (χ0n) is 9.75. The molecule has 2 rings (SSSR count). The van der Waals surface area contributed by atoms with E-state index in [0.717, 1.165) is 6.07 Å². The quantitative estimate of drug-likeness (QED) is 0.868. The van der Waals surface area contributed by atoms with Gasteiger partial charge in [-0.15, -0.1) is 0 Å². The number of hydrogen-bond donors (Lipinski definition) is 1. The first-order chi connectivity index (χ1) is 8.17. The van der Waals surface area contributed by atoms with Gasteiger partial charge in [0.15, 0.2) is 0 Å². The zero-order valence-corrected chi connectivity index (χ0v) is 9.75. The summed E-state index contributed by atoms with van der Waals surface area (Å²) in [6.07, 6.45) is 0. The Hall–Kier alpha value is -1.04. The van der Waals surface area contributed by atoms with Gasteiger partial charge in [0.05, 0.1) is 12.6 Å². The Balaban J connectivity index is 2.28. The van der Waals surface area contributed by atoms with Gasteiger partial charge in [0.2, 0.25) is 0 Å². The summed E-state index contributed by atoms with van der Waals surface area (Å²) in [5.41, 5.74) is 6.90. The maximum absolute atomic E-state index is 13.7. The Morgan fingerprint density at radius 1 is 1.47 bits per heavy atom. The second-order valence-corrected chi connectivity index (χ2v) is 4.18. The van der Waals surface area contributed by atoms with Gasteiger partial charge >= 0.3 is 0 Å². The summed E-state index contributed by atoms with van der Waals surface area (Å²) in [5.74, 6) is -1.04. The molecule has 0 aliphatic carbocycles. The molecule has 94 valence electrons. The predicted octanol–water partition coefficient (Wildman–Crippen LogP) is 1.43. The van der Waals surface area contributed by atoms with Crippen LogP contribution in [0.5, 0.6) is 0 Å². The molecule has 0 saturated carbocycles. The van der Waals surface area contributed by atoms with Crippen molar-refractivity contribution >= 4 is 0 Å². The van der Waals surface area contributed by atoms with E-state index in [1.54, 1.807) is 7.11 Å². The molecule has 3 nitrogen and oxygen atoms in total. The van der Waals surface area contributed by atoms with E-state index in [1.807, 2.05) is 4.90 Å². The summed E-state index contributed by atoms with van der Waals surface area (Å²) >= 11 is 0. The van der Waals surface area contributed by atoms with Gasteiger partial charge in [-0.05, 0) is 11.6 Å². The smallest absolute Gasteiger partial charge is 0.131 e. The normalized spacial score (nSPS) is 19.6. The molecule has 0 fully saturated rings. The molecular weight excluding hydrogens is 226 g/mol. The Morgan fingerprint density at radius 3 is 2.88 bits per heavy atom. The van der Waals surface area contributed by atoms with Gasteiger partial charge in [-0.2, -0.15) is 0 Å². The Morgan fingerprint density at radius 2 is 2.24 bits per heavy atom. The Bertz CT molecular complexity index is 412. The van der Waals surface area contributed by atoms with Crippen molar-refractivity contribution in [3.63, 3.8) is 0 Å². The van der Waals surface area contributed by atoms with E-state index >= 15 is 0 Å². The van der Waals surface area contributed by atoms with E-state index in [4.69, 9.17) is 10.5 Å². The van der Waals surface area contributed by atoms with Crippen LogP contribution >= 0.6 is 0 Å². The molecule has 1 aromatic carbocycles. The standard InChI is InChI=1S/C12H16F2N2O/c1-17-3-2-16-7-8-4-9(13)5-10(14)12(8)11(16)6-15/h4-5,11H,2-3,6-7,15H2,1H3. The highest BCUT2D eigenvalue weighted by molar-refractivity contribution is 5.36. The fourth-order valence-electron chi connectivity index (χ4n) is 2.36. The molecule has 0 amide bonds.